The lowest BCUT2D eigenvalue weighted by Gasteiger charge is -2.25. The van der Waals surface area contributed by atoms with E-state index in [0.29, 0.717) is 28.0 Å². The molecule has 3 aliphatic rings. The van der Waals surface area contributed by atoms with Crippen LogP contribution in [0.4, 0.5) is 18.9 Å². The number of hydrogen-bond acceptors (Lipinski definition) is 7. The second-order valence-electron chi connectivity index (χ2n) is 9.31. The van der Waals surface area contributed by atoms with Gasteiger partial charge in [-0.2, -0.15) is 18.4 Å². The highest BCUT2D eigenvalue weighted by Gasteiger charge is 2.86. The zero-order chi connectivity index (χ0) is 22.8. The predicted octanol–water partition coefficient (Wildman–Crippen LogP) is 3.67. The molecule has 7 nitrogen and oxygen atoms in total. The molecular formula is C23H21F3N6O. The van der Waals surface area contributed by atoms with Gasteiger partial charge in [0.25, 0.3) is 0 Å². The van der Waals surface area contributed by atoms with Crippen LogP contribution in [0.15, 0.2) is 34.9 Å². The minimum atomic E-state index is -4.41. The molecule has 1 aromatic carbocycles. The maximum absolute atomic E-state index is 14.4. The van der Waals surface area contributed by atoms with Gasteiger partial charge in [0.2, 0.25) is 11.8 Å². The largest absolute Gasteiger partial charge is 0.424 e. The van der Waals surface area contributed by atoms with Crippen LogP contribution in [0.1, 0.15) is 42.5 Å². The van der Waals surface area contributed by atoms with Crippen LogP contribution < -0.4 is 10.2 Å². The van der Waals surface area contributed by atoms with Crippen molar-refractivity contribution in [2.75, 3.05) is 31.1 Å². The summed E-state index contributed by atoms with van der Waals surface area (Å²) in [5.74, 6) is 0.608. The molecule has 3 aromatic rings. The highest BCUT2D eigenvalue weighted by molar-refractivity contribution is 5.95. The van der Waals surface area contributed by atoms with E-state index < -0.39 is 17.0 Å². The van der Waals surface area contributed by atoms with Gasteiger partial charge in [0.15, 0.2) is 0 Å². The maximum Gasteiger partial charge on any atom is 0.397 e. The van der Waals surface area contributed by atoms with Gasteiger partial charge in [-0.15, -0.1) is 10.2 Å². The van der Waals surface area contributed by atoms with E-state index in [1.54, 1.807) is 35.4 Å². The van der Waals surface area contributed by atoms with Crippen LogP contribution in [-0.2, 0) is 5.41 Å². The van der Waals surface area contributed by atoms with Gasteiger partial charge < -0.3 is 14.6 Å². The Morgan fingerprint density at radius 1 is 1.15 bits per heavy atom. The van der Waals surface area contributed by atoms with E-state index in [4.69, 9.17) is 4.42 Å². The van der Waals surface area contributed by atoms with Crippen LogP contribution in [0.2, 0.25) is 0 Å². The fraction of sp³-hybridized carbons (Fsp3) is 0.478. The Morgan fingerprint density at radius 2 is 1.97 bits per heavy atom. The standard InChI is InChI=1S/C23H21F3N6O/c24-23(25,26)22-11-21(22,20-31-30-19(33-20)14-5-8-28-9-6-14)12-32(13-22)17-4-3-15(10-27)18-16(17)2-1-7-29-18/h1-4,7,14,28H,5-6,8-9,11-13H2/t21-,22-/m0/s1. The summed E-state index contributed by atoms with van der Waals surface area (Å²) in [6.07, 6.45) is -1.23. The number of anilines is 1. The fourth-order valence-electron chi connectivity index (χ4n) is 5.76. The molecule has 3 fully saturated rings. The van der Waals surface area contributed by atoms with E-state index >= 15 is 0 Å². The monoisotopic (exact) mass is 454 g/mol. The number of nitrogens with one attached hydrogen (secondary N) is 1. The molecule has 0 amide bonds. The van der Waals surface area contributed by atoms with Crippen LogP contribution in [0.25, 0.3) is 10.9 Å². The Balaban J connectivity index is 1.40. The number of piperidine rings is 2. The molecule has 6 rings (SSSR count). The summed E-state index contributed by atoms with van der Waals surface area (Å²) < 4.78 is 49.2. The zero-order valence-corrected chi connectivity index (χ0v) is 17.7. The third-order valence-electron chi connectivity index (χ3n) is 7.60. The summed E-state index contributed by atoms with van der Waals surface area (Å²) >= 11 is 0. The SMILES string of the molecule is N#Cc1ccc(N2C[C@]3(c4nnc(C5CCNCC5)o4)C[C@]3(C(F)(F)F)C2)c2cccnc12. The van der Waals surface area contributed by atoms with Gasteiger partial charge in [-0.25, -0.2) is 0 Å². The molecule has 10 heteroatoms. The number of rotatable bonds is 3. The molecule has 0 bridgehead atoms. The minimum Gasteiger partial charge on any atom is -0.424 e. The van der Waals surface area contributed by atoms with Crippen molar-refractivity contribution in [3.8, 4) is 6.07 Å². The first-order valence-electron chi connectivity index (χ1n) is 11.0. The fourth-order valence-corrected chi connectivity index (χ4v) is 5.76. The lowest BCUT2D eigenvalue weighted by molar-refractivity contribution is -0.187. The number of halogens is 3. The molecule has 4 heterocycles. The summed E-state index contributed by atoms with van der Waals surface area (Å²) in [4.78, 5) is 6.03. The van der Waals surface area contributed by atoms with E-state index in [9.17, 15) is 18.4 Å². The lowest BCUT2D eigenvalue weighted by Crippen LogP contribution is -2.34. The molecule has 0 spiro atoms. The van der Waals surface area contributed by atoms with Crippen molar-refractivity contribution in [1.29, 1.82) is 5.26 Å². The second kappa shape index (κ2) is 6.90. The summed E-state index contributed by atoms with van der Waals surface area (Å²) in [7, 11) is 0. The average molecular weight is 454 g/mol. The first-order valence-corrected chi connectivity index (χ1v) is 11.0. The van der Waals surface area contributed by atoms with Crippen LogP contribution in [0, 0.1) is 16.7 Å². The third-order valence-corrected chi connectivity index (χ3v) is 7.60. The Labute approximate surface area is 187 Å². The first-order chi connectivity index (χ1) is 15.9. The van der Waals surface area contributed by atoms with Gasteiger partial charge in [-0.05, 0) is 56.6 Å². The summed E-state index contributed by atoms with van der Waals surface area (Å²) in [6.45, 7) is 1.58. The van der Waals surface area contributed by atoms with Crippen molar-refractivity contribution >= 4 is 16.6 Å². The van der Waals surface area contributed by atoms with Gasteiger partial charge in [-0.3, -0.25) is 4.98 Å². The van der Waals surface area contributed by atoms with Crippen molar-refractivity contribution < 1.29 is 17.6 Å². The van der Waals surface area contributed by atoms with E-state index in [1.807, 2.05) is 0 Å². The van der Waals surface area contributed by atoms with Crippen molar-refractivity contribution in [2.24, 2.45) is 5.41 Å². The number of aromatic nitrogens is 3. The summed E-state index contributed by atoms with van der Waals surface area (Å²) in [6, 6.07) is 8.94. The Bertz CT molecular complexity index is 1280. The molecule has 1 N–H and O–H groups in total. The Kier molecular flexibility index (Phi) is 4.27. The Morgan fingerprint density at radius 3 is 2.73 bits per heavy atom. The maximum atomic E-state index is 14.4. The molecule has 1 aliphatic carbocycles. The number of nitriles is 1. The van der Waals surface area contributed by atoms with Crippen LogP contribution in [0.5, 0.6) is 0 Å². The smallest absolute Gasteiger partial charge is 0.397 e. The van der Waals surface area contributed by atoms with E-state index in [0.717, 1.165) is 25.9 Å². The van der Waals surface area contributed by atoms with Crippen LogP contribution >= 0.6 is 0 Å². The molecule has 0 unspecified atom stereocenters. The number of alkyl halides is 3. The molecule has 2 aromatic heterocycles. The van der Waals surface area contributed by atoms with Gasteiger partial charge in [0.05, 0.1) is 16.5 Å². The Hall–Kier alpha value is -3.19. The normalized spacial score (nSPS) is 27.5. The highest BCUT2D eigenvalue weighted by Crippen LogP contribution is 2.75. The van der Waals surface area contributed by atoms with Crippen LogP contribution in [0.3, 0.4) is 0 Å². The minimum absolute atomic E-state index is 0.0552. The third kappa shape index (κ3) is 2.81. The van der Waals surface area contributed by atoms with Crippen molar-refractivity contribution in [1.82, 2.24) is 20.5 Å². The van der Waals surface area contributed by atoms with Gasteiger partial charge in [-0.1, -0.05) is 0 Å². The van der Waals surface area contributed by atoms with Gasteiger partial charge in [0, 0.05) is 36.3 Å². The number of pyridine rings is 1. The number of nitrogens with zero attached hydrogens (tertiary/aromatic N) is 5. The zero-order valence-electron chi connectivity index (χ0n) is 17.7. The predicted molar refractivity (Wildman–Crippen MR) is 113 cm³/mol. The van der Waals surface area contributed by atoms with E-state index in [1.165, 1.54) is 0 Å². The van der Waals surface area contributed by atoms with Crippen molar-refractivity contribution in [3.05, 3.63) is 47.8 Å². The van der Waals surface area contributed by atoms with E-state index in [2.05, 4.69) is 26.6 Å². The lowest BCUT2D eigenvalue weighted by atomic mass is 9.95. The molecule has 1 saturated carbocycles. The summed E-state index contributed by atoms with van der Waals surface area (Å²) in [5.41, 5.74) is -1.68. The molecule has 33 heavy (non-hydrogen) atoms. The molecular weight excluding hydrogens is 433 g/mol. The summed E-state index contributed by atoms with van der Waals surface area (Å²) in [5, 5.41) is 21.6. The molecule has 0 radical (unpaired) electrons. The number of hydrogen-bond donors (Lipinski definition) is 1. The topological polar surface area (TPSA) is 90.9 Å². The molecule has 2 saturated heterocycles. The first kappa shape index (κ1) is 20.4. The van der Waals surface area contributed by atoms with Crippen molar-refractivity contribution in [3.63, 3.8) is 0 Å². The molecule has 2 aliphatic heterocycles. The van der Waals surface area contributed by atoms with Crippen molar-refractivity contribution in [2.45, 2.75) is 36.8 Å². The van der Waals surface area contributed by atoms with Gasteiger partial charge in [0.1, 0.15) is 11.5 Å². The number of fused-ring (bicyclic) bond motifs is 2. The second-order valence-corrected chi connectivity index (χ2v) is 9.31. The average Bonchev–Trinajstić information content (AvgIpc) is 3.15. The van der Waals surface area contributed by atoms with E-state index in [-0.39, 0.29) is 31.3 Å². The van der Waals surface area contributed by atoms with Crippen LogP contribution in [-0.4, -0.2) is 47.5 Å². The highest BCUT2D eigenvalue weighted by atomic mass is 19.4. The van der Waals surface area contributed by atoms with Gasteiger partial charge >= 0.3 is 6.18 Å². The quantitative estimate of drug-likeness (QED) is 0.646. The molecule has 170 valence electrons. The molecule has 2 atom stereocenters. The number of benzene rings is 1.